The minimum Gasteiger partial charge on any atom is -0.496 e. The number of imide groups is 1. The summed E-state index contributed by atoms with van der Waals surface area (Å²) in [7, 11) is 1.60. The van der Waals surface area contributed by atoms with E-state index in [-0.39, 0.29) is 18.5 Å². The lowest BCUT2D eigenvalue weighted by atomic mass is 9.88. The Bertz CT molecular complexity index is 843. The van der Waals surface area contributed by atoms with Crippen molar-refractivity contribution >= 4 is 22.7 Å². The largest absolute Gasteiger partial charge is 0.496 e. The summed E-state index contributed by atoms with van der Waals surface area (Å²) < 4.78 is 5.49. The number of ether oxygens (including phenoxy) is 1. The number of methoxy groups -OCH3 is 1. The number of urea groups is 1. The first-order chi connectivity index (χ1) is 12.1. The Balaban J connectivity index is 1.71. The molecule has 0 aromatic heterocycles. The summed E-state index contributed by atoms with van der Waals surface area (Å²) in [6.45, 7) is 1.68. The van der Waals surface area contributed by atoms with Crippen LogP contribution in [-0.4, -0.2) is 42.6 Å². The lowest BCUT2D eigenvalue weighted by Gasteiger charge is -2.31. The monoisotopic (exact) mass is 339 g/mol. The van der Waals surface area contributed by atoms with Crippen LogP contribution in [0.25, 0.3) is 10.8 Å². The van der Waals surface area contributed by atoms with Crippen molar-refractivity contribution in [3.05, 3.63) is 42.0 Å². The zero-order valence-corrected chi connectivity index (χ0v) is 14.2. The number of fused-ring (bicyclic) bond motifs is 1. The predicted molar refractivity (Wildman–Crippen MR) is 94.4 cm³/mol. The van der Waals surface area contributed by atoms with E-state index in [9.17, 15) is 9.59 Å². The fourth-order valence-corrected chi connectivity index (χ4v) is 3.84. The SMILES string of the molecule is COc1ccc2ccccc2c1CN1C(=O)NC2(CCNCC2)C1=O. The second-order valence-electron chi connectivity index (χ2n) is 6.62. The van der Waals surface area contributed by atoms with E-state index >= 15 is 0 Å². The van der Waals surface area contributed by atoms with Crippen molar-refractivity contribution in [1.82, 2.24) is 15.5 Å². The van der Waals surface area contributed by atoms with Crippen LogP contribution in [0, 0.1) is 0 Å². The number of benzene rings is 2. The molecule has 25 heavy (non-hydrogen) atoms. The number of nitrogens with zero attached hydrogens (tertiary/aromatic N) is 1. The summed E-state index contributed by atoms with van der Waals surface area (Å²) in [6, 6.07) is 11.5. The van der Waals surface area contributed by atoms with Crippen molar-refractivity contribution < 1.29 is 14.3 Å². The number of hydrogen-bond acceptors (Lipinski definition) is 4. The highest BCUT2D eigenvalue weighted by atomic mass is 16.5. The molecule has 0 unspecified atom stereocenters. The second-order valence-corrected chi connectivity index (χ2v) is 6.62. The first-order valence-electron chi connectivity index (χ1n) is 8.54. The van der Waals surface area contributed by atoms with Crippen molar-refractivity contribution in [2.45, 2.75) is 24.9 Å². The van der Waals surface area contributed by atoms with Gasteiger partial charge in [0.15, 0.2) is 0 Å². The normalized spacial score (nSPS) is 19.5. The van der Waals surface area contributed by atoms with E-state index in [4.69, 9.17) is 4.74 Å². The molecule has 6 nitrogen and oxygen atoms in total. The van der Waals surface area contributed by atoms with E-state index in [1.54, 1.807) is 7.11 Å². The predicted octanol–water partition coefficient (Wildman–Crippen LogP) is 2.02. The quantitative estimate of drug-likeness (QED) is 0.840. The summed E-state index contributed by atoms with van der Waals surface area (Å²) in [5.41, 5.74) is 0.107. The Morgan fingerprint density at radius 1 is 1.12 bits per heavy atom. The van der Waals surface area contributed by atoms with Gasteiger partial charge in [-0.1, -0.05) is 30.3 Å². The highest BCUT2D eigenvalue weighted by Gasteiger charge is 2.51. The third kappa shape index (κ3) is 2.53. The van der Waals surface area contributed by atoms with Gasteiger partial charge in [-0.25, -0.2) is 4.79 Å². The first kappa shape index (κ1) is 15.9. The van der Waals surface area contributed by atoms with Crippen LogP contribution in [0.3, 0.4) is 0 Å². The van der Waals surface area contributed by atoms with Crippen molar-refractivity contribution in [2.24, 2.45) is 0 Å². The van der Waals surface area contributed by atoms with E-state index in [0.29, 0.717) is 18.6 Å². The Labute approximate surface area is 146 Å². The van der Waals surface area contributed by atoms with Crippen LogP contribution in [0.4, 0.5) is 4.79 Å². The molecule has 3 amide bonds. The Kier molecular flexibility index (Phi) is 3.84. The molecule has 6 heteroatoms. The molecule has 2 aliphatic heterocycles. The molecular weight excluding hydrogens is 318 g/mol. The summed E-state index contributed by atoms with van der Waals surface area (Å²) >= 11 is 0. The van der Waals surface area contributed by atoms with Gasteiger partial charge in [0, 0.05) is 5.56 Å². The molecule has 1 spiro atoms. The van der Waals surface area contributed by atoms with E-state index in [1.165, 1.54) is 4.90 Å². The van der Waals surface area contributed by atoms with Crippen molar-refractivity contribution in [3.8, 4) is 5.75 Å². The van der Waals surface area contributed by atoms with Crippen LogP contribution in [0.1, 0.15) is 18.4 Å². The number of rotatable bonds is 3. The van der Waals surface area contributed by atoms with Gasteiger partial charge in [-0.2, -0.15) is 0 Å². The molecule has 4 rings (SSSR count). The van der Waals surface area contributed by atoms with Gasteiger partial charge in [-0.15, -0.1) is 0 Å². The molecule has 0 saturated carbocycles. The zero-order chi connectivity index (χ0) is 17.4. The molecule has 130 valence electrons. The average molecular weight is 339 g/mol. The maximum atomic E-state index is 13.0. The van der Waals surface area contributed by atoms with Gasteiger partial charge in [-0.05, 0) is 42.8 Å². The molecular formula is C19H21N3O3. The molecule has 0 bridgehead atoms. The van der Waals surface area contributed by atoms with E-state index in [0.717, 1.165) is 29.4 Å². The molecule has 2 aromatic carbocycles. The van der Waals surface area contributed by atoms with Crippen LogP contribution >= 0.6 is 0 Å². The summed E-state index contributed by atoms with van der Waals surface area (Å²) in [5, 5.41) is 8.22. The van der Waals surface area contributed by atoms with Crippen molar-refractivity contribution in [2.75, 3.05) is 20.2 Å². The molecule has 0 radical (unpaired) electrons. The number of carbonyl (C=O) groups is 2. The highest BCUT2D eigenvalue weighted by molar-refractivity contribution is 6.07. The van der Waals surface area contributed by atoms with Crippen molar-refractivity contribution in [3.63, 3.8) is 0 Å². The fraction of sp³-hybridized carbons (Fsp3) is 0.368. The van der Waals surface area contributed by atoms with Crippen LogP contribution < -0.4 is 15.4 Å². The molecule has 0 aliphatic carbocycles. The number of carbonyl (C=O) groups excluding carboxylic acids is 2. The van der Waals surface area contributed by atoms with Gasteiger partial charge in [0.25, 0.3) is 5.91 Å². The molecule has 2 N–H and O–H groups in total. The standard InChI is InChI=1S/C19H21N3O3/c1-25-16-7-6-13-4-2-3-5-14(13)15(16)12-22-17(23)19(21-18(22)24)8-10-20-11-9-19/h2-7,20H,8-12H2,1H3,(H,21,24). The van der Waals surface area contributed by atoms with Gasteiger partial charge in [0.1, 0.15) is 11.3 Å². The zero-order valence-electron chi connectivity index (χ0n) is 14.2. The third-order valence-electron chi connectivity index (χ3n) is 5.24. The topological polar surface area (TPSA) is 70.7 Å². The minimum atomic E-state index is -0.750. The van der Waals surface area contributed by atoms with Crippen molar-refractivity contribution in [1.29, 1.82) is 0 Å². The first-order valence-corrected chi connectivity index (χ1v) is 8.54. The minimum absolute atomic E-state index is 0.131. The van der Waals surface area contributed by atoms with E-state index in [2.05, 4.69) is 10.6 Å². The maximum absolute atomic E-state index is 13.0. The summed E-state index contributed by atoms with van der Waals surface area (Å²) in [6.07, 6.45) is 1.25. The third-order valence-corrected chi connectivity index (χ3v) is 5.24. The highest BCUT2D eigenvalue weighted by Crippen LogP contribution is 2.33. The number of amides is 3. The van der Waals surface area contributed by atoms with Gasteiger partial charge in [0.05, 0.1) is 13.7 Å². The van der Waals surface area contributed by atoms with Crippen LogP contribution in [0.2, 0.25) is 0 Å². The van der Waals surface area contributed by atoms with Gasteiger partial charge in [-0.3, -0.25) is 9.69 Å². The average Bonchev–Trinajstić information content (AvgIpc) is 2.86. The Hall–Kier alpha value is -2.60. The van der Waals surface area contributed by atoms with E-state index < -0.39 is 5.54 Å². The van der Waals surface area contributed by atoms with Crippen LogP contribution in [0.5, 0.6) is 5.75 Å². The summed E-state index contributed by atoms with van der Waals surface area (Å²) in [4.78, 5) is 26.9. The molecule has 2 heterocycles. The Morgan fingerprint density at radius 2 is 1.88 bits per heavy atom. The molecule has 2 saturated heterocycles. The van der Waals surface area contributed by atoms with Crippen LogP contribution in [-0.2, 0) is 11.3 Å². The van der Waals surface area contributed by atoms with Gasteiger partial charge < -0.3 is 15.4 Å². The lowest BCUT2D eigenvalue weighted by molar-refractivity contribution is -0.132. The number of hydrogen-bond donors (Lipinski definition) is 2. The van der Waals surface area contributed by atoms with Gasteiger partial charge in [0.2, 0.25) is 0 Å². The molecule has 0 atom stereocenters. The summed E-state index contributed by atoms with van der Waals surface area (Å²) in [5.74, 6) is 0.555. The van der Waals surface area contributed by atoms with Gasteiger partial charge >= 0.3 is 6.03 Å². The maximum Gasteiger partial charge on any atom is 0.325 e. The molecule has 2 aromatic rings. The number of nitrogens with one attached hydrogen (secondary N) is 2. The van der Waals surface area contributed by atoms with E-state index in [1.807, 2.05) is 36.4 Å². The lowest BCUT2D eigenvalue weighted by Crippen LogP contribution is -2.53. The molecule has 2 aliphatic rings. The smallest absolute Gasteiger partial charge is 0.325 e. The molecule has 2 fully saturated rings. The number of piperidine rings is 1. The fourth-order valence-electron chi connectivity index (χ4n) is 3.84. The Morgan fingerprint density at radius 3 is 2.64 bits per heavy atom. The second kappa shape index (κ2) is 6.04. The van der Waals surface area contributed by atoms with Crippen LogP contribution in [0.15, 0.2) is 36.4 Å².